The molecule has 13 N–H and O–H groups in total. The molecule has 5 atom stereocenters. The quantitative estimate of drug-likeness (QED) is 0.0191. The molecule has 0 saturated carbocycles. The molecule has 0 saturated heterocycles. The lowest BCUT2D eigenvalue weighted by atomic mass is 9.95. The van der Waals surface area contributed by atoms with Gasteiger partial charge < -0.3 is 77.1 Å². The van der Waals surface area contributed by atoms with E-state index >= 15 is 0 Å². The number of hydrogen-bond donors (Lipinski definition) is 9. The van der Waals surface area contributed by atoms with E-state index in [2.05, 4.69) is 26.0 Å². The smallest absolute Gasteiger partial charge is 0.405 e. The maximum Gasteiger partial charge on any atom is 0.405 e. The fraction of sp³-hybridized carbons (Fsp3) is 0.653. The molecule has 0 aromatic heterocycles. The maximum absolute atomic E-state index is 14.3. The predicted octanol–water partition coefficient (Wildman–Crippen LogP) is 0.782. The van der Waals surface area contributed by atoms with Crippen LogP contribution in [0.4, 0.5) is 0 Å². The Labute approximate surface area is 435 Å². The van der Waals surface area contributed by atoms with Crippen LogP contribution < -0.4 is 44.0 Å². The van der Waals surface area contributed by atoms with Crippen LogP contribution in [-0.4, -0.2) is 178 Å². The van der Waals surface area contributed by atoms with Crippen molar-refractivity contribution in [3.8, 4) is 5.75 Å². The van der Waals surface area contributed by atoms with E-state index in [4.69, 9.17) is 65.1 Å². The molecule has 0 heterocycles. The number of benzene rings is 2. The first-order valence-electron chi connectivity index (χ1n) is 25.0. The lowest BCUT2D eigenvalue weighted by Gasteiger charge is -2.26. The molecule has 2 aromatic carbocycles. The van der Waals surface area contributed by atoms with Gasteiger partial charge >= 0.3 is 7.75 Å². The number of aromatic hydroxyl groups is 1. The van der Waals surface area contributed by atoms with Gasteiger partial charge in [0.05, 0.1) is 105 Å². The van der Waals surface area contributed by atoms with Gasteiger partial charge in [-0.1, -0.05) is 30.3 Å². The summed E-state index contributed by atoms with van der Waals surface area (Å²) in [4.78, 5) is 58.4. The molecule has 0 aliphatic heterocycles. The molecule has 0 spiro atoms. The normalized spacial score (nSPS) is 13.8. The average Bonchev–Trinajstić information content (AvgIpc) is 3.35. The fourth-order valence-corrected chi connectivity index (χ4v) is 8.41. The van der Waals surface area contributed by atoms with Gasteiger partial charge in [0.25, 0.3) is 0 Å². The van der Waals surface area contributed by atoms with Crippen LogP contribution in [0.5, 0.6) is 5.75 Å². The van der Waals surface area contributed by atoms with Crippen LogP contribution in [0.3, 0.4) is 0 Å². The molecule has 25 heteroatoms. The largest absolute Gasteiger partial charge is 0.508 e. The number of phenolic OH excluding ortho intramolecular Hbond substituents is 1. The van der Waals surface area contributed by atoms with E-state index in [-0.39, 0.29) is 76.9 Å². The van der Waals surface area contributed by atoms with Crippen molar-refractivity contribution < 1.29 is 71.1 Å². The first kappa shape index (κ1) is 65.3. The van der Waals surface area contributed by atoms with E-state index < -0.39 is 55.5 Å². The summed E-state index contributed by atoms with van der Waals surface area (Å²) in [7, 11) is -2.14. The number of unbranched alkanes of at least 4 members (excludes halogenated alkanes) is 1. The number of rotatable bonds is 45. The zero-order valence-corrected chi connectivity index (χ0v) is 44.6. The number of methoxy groups -OCH3 is 1. The summed E-state index contributed by atoms with van der Waals surface area (Å²) in [5.41, 5.74) is 25.6. The summed E-state index contributed by atoms with van der Waals surface area (Å²) in [6, 6.07) is 7.45. The minimum Gasteiger partial charge on any atom is -0.508 e. The number of nitrogens with two attached hydrogens (primary N) is 4. The summed E-state index contributed by atoms with van der Waals surface area (Å²) in [5, 5.41) is 21.3. The molecular formula is C49H84N9O15P. The summed E-state index contributed by atoms with van der Waals surface area (Å²) < 4.78 is 62.3. The lowest BCUT2D eigenvalue weighted by molar-refractivity contribution is -0.133. The second-order valence-corrected chi connectivity index (χ2v) is 18.7. The molecule has 74 heavy (non-hydrogen) atoms. The Morgan fingerprint density at radius 1 is 0.635 bits per heavy atom. The Bertz CT molecular complexity index is 1950. The average molecular weight is 1070 g/mol. The van der Waals surface area contributed by atoms with Crippen LogP contribution in [0, 0.1) is 13.8 Å². The third-order valence-corrected chi connectivity index (χ3v) is 12.6. The van der Waals surface area contributed by atoms with Crippen LogP contribution in [0.25, 0.3) is 0 Å². The number of carbonyl (C=O) groups excluding carboxylic acids is 4. The summed E-state index contributed by atoms with van der Waals surface area (Å²) in [6.07, 6.45) is 1.37. The number of ether oxygens (including phenoxy) is 7. The van der Waals surface area contributed by atoms with E-state index in [9.17, 15) is 28.8 Å². The van der Waals surface area contributed by atoms with Gasteiger partial charge in [-0.2, -0.15) is 0 Å². The van der Waals surface area contributed by atoms with E-state index in [0.29, 0.717) is 109 Å². The molecule has 4 amide bonds. The van der Waals surface area contributed by atoms with Crippen molar-refractivity contribution >= 4 is 37.3 Å². The van der Waals surface area contributed by atoms with Gasteiger partial charge in [-0.25, -0.2) is 9.65 Å². The number of phenols is 1. The minimum atomic E-state index is -3.76. The topological polar surface area (TPSA) is 353 Å². The van der Waals surface area contributed by atoms with Gasteiger partial charge in [0.2, 0.25) is 23.6 Å². The highest BCUT2D eigenvalue weighted by Crippen LogP contribution is 2.43. The molecule has 1 unspecified atom stereocenters. The summed E-state index contributed by atoms with van der Waals surface area (Å²) in [6.45, 7) is 11.0. The molecule has 0 radical (unpaired) electrons. The first-order chi connectivity index (χ1) is 35.6. The number of aryl methyl sites for hydroxylation is 2. The van der Waals surface area contributed by atoms with Crippen molar-refractivity contribution in [2.45, 2.75) is 89.9 Å². The summed E-state index contributed by atoms with van der Waals surface area (Å²) in [5.74, 6) is -2.88. The van der Waals surface area contributed by atoms with Crippen molar-refractivity contribution in [3.05, 3.63) is 64.7 Å². The third kappa shape index (κ3) is 29.9. The number of amides is 4. The molecule has 2 aromatic rings. The number of nitrogens with zero attached hydrogens (tertiary/aromatic N) is 1. The Morgan fingerprint density at radius 3 is 1.65 bits per heavy atom. The van der Waals surface area contributed by atoms with Crippen molar-refractivity contribution in [2.24, 2.45) is 27.9 Å². The molecule has 0 fully saturated rings. The minimum absolute atomic E-state index is 0.0173. The second-order valence-electron chi connectivity index (χ2n) is 16.9. The van der Waals surface area contributed by atoms with E-state index in [1.807, 2.05) is 6.07 Å². The number of carbonyl (C=O) groups is 4. The number of primary amides is 1. The van der Waals surface area contributed by atoms with Crippen LogP contribution in [-0.2, 0) is 78.8 Å². The molecule has 24 nitrogen and oxygen atoms in total. The van der Waals surface area contributed by atoms with Crippen LogP contribution >= 0.6 is 7.75 Å². The SMILES string of the molecule is CCOP(=O)(NCCCC[C@H](NC(=O)[C@H](Cc1c(C)cc(O)cc1C)NC(=O)[C@H](N)CCCN=C(N)N)C(=O)N[C@@H](Cc1ccccc1)C(N)=O)OCCOCCOCCOCCOCCOCCOCCOC. The van der Waals surface area contributed by atoms with Gasteiger partial charge in [-0.05, 0) is 87.3 Å². The molecule has 420 valence electrons. The Balaban J connectivity index is 1.97. The van der Waals surface area contributed by atoms with Crippen molar-refractivity contribution in [2.75, 3.05) is 119 Å². The number of aliphatic imine (C=N–C) groups is 1. The third-order valence-electron chi connectivity index (χ3n) is 10.9. The molecular weight excluding hydrogens is 986 g/mol. The molecule has 0 bridgehead atoms. The Kier molecular flexibility index (Phi) is 34.9. The number of nitrogens with one attached hydrogen (secondary N) is 4. The van der Waals surface area contributed by atoms with Crippen molar-refractivity contribution in [1.29, 1.82) is 0 Å². The fourth-order valence-electron chi connectivity index (χ4n) is 7.07. The standard InChI is InChI=1S/C49H84N9O15P/c1-5-72-74(64,73-31-30-71-29-28-70-27-26-69-25-24-68-23-22-67-21-20-66-19-18-65-4)55-17-10-9-15-42(47(62)57-43(45(51)60)34-38-12-7-6-8-13-38)56-48(63)44(35-40-36(2)32-39(59)33-37(40)3)58-46(61)41(50)14-11-16-54-49(52)53/h6-8,12-13,32-33,41-44,59H,5,9-11,14-31,34-35,50H2,1-4H3,(H2,51,60)(H,55,64)(H,56,63)(H,57,62)(H,58,61)(H4,52,53,54)/t41-,42+,43+,44+,74?/m1/s1. The van der Waals surface area contributed by atoms with Crippen LogP contribution in [0.15, 0.2) is 47.5 Å². The van der Waals surface area contributed by atoms with Gasteiger partial charge in [0.1, 0.15) is 23.9 Å². The Hall–Kier alpha value is -4.82. The monoisotopic (exact) mass is 1070 g/mol. The van der Waals surface area contributed by atoms with E-state index in [1.165, 1.54) is 0 Å². The van der Waals surface area contributed by atoms with E-state index in [0.717, 1.165) is 5.56 Å². The Morgan fingerprint density at radius 2 is 1.14 bits per heavy atom. The highest BCUT2D eigenvalue weighted by molar-refractivity contribution is 7.51. The van der Waals surface area contributed by atoms with Gasteiger partial charge in [-0.3, -0.25) is 33.2 Å². The number of hydrogen-bond acceptors (Lipinski definition) is 17. The second kappa shape index (κ2) is 39.6. The van der Waals surface area contributed by atoms with E-state index in [1.54, 1.807) is 64.3 Å². The first-order valence-corrected chi connectivity index (χ1v) is 26.6. The van der Waals surface area contributed by atoms with Crippen LogP contribution in [0.2, 0.25) is 0 Å². The molecule has 2 rings (SSSR count). The zero-order chi connectivity index (χ0) is 54.4. The van der Waals surface area contributed by atoms with Crippen molar-refractivity contribution in [1.82, 2.24) is 21.0 Å². The maximum atomic E-state index is 14.3. The lowest BCUT2D eigenvalue weighted by Crippen LogP contribution is -2.58. The number of guanidine groups is 1. The summed E-state index contributed by atoms with van der Waals surface area (Å²) >= 11 is 0. The zero-order valence-electron chi connectivity index (χ0n) is 43.7. The molecule has 0 aliphatic rings. The van der Waals surface area contributed by atoms with Crippen molar-refractivity contribution in [3.63, 3.8) is 0 Å². The molecule has 0 aliphatic carbocycles. The van der Waals surface area contributed by atoms with Gasteiger partial charge in [0, 0.05) is 33.0 Å². The van der Waals surface area contributed by atoms with Gasteiger partial charge in [-0.15, -0.1) is 0 Å². The predicted molar refractivity (Wildman–Crippen MR) is 278 cm³/mol. The highest BCUT2D eigenvalue weighted by atomic mass is 31.2. The van der Waals surface area contributed by atoms with Crippen LogP contribution in [0.1, 0.15) is 61.3 Å². The van der Waals surface area contributed by atoms with Gasteiger partial charge in [0.15, 0.2) is 5.96 Å². The highest BCUT2D eigenvalue weighted by Gasteiger charge is 2.31.